The van der Waals surface area contributed by atoms with Crippen LogP contribution in [0.15, 0.2) is 36.7 Å². The number of aryl methyl sites for hydroxylation is 1. The van der Waals surface area contributed by atoms with Crippen molar-refractivity contribution >= 4 is 22.8 Å². The summed E-state index contributed by atoms with van der Waals surface area (Å²) < 4.78 is 47.5. The number of anilines is 2. The van der Waals surface area contributed by atoms with Gasteiger partial charge in [-0.3, -0.25) is 0 Å². The van der Waals surface area contributed by atoms with Gasteiger partial charge in [-0.2, -0.15) is 0 Å². The van der Waals surface area contributed by atoms with Gasteiger partial charge in [0.25, 0.3) is 0 Å². The zero-order chi connectivity index (χ0) is 27.9. The number of rotatable bonds is 7. The predicted molar refractivity (Wildman–Crippen MR) is 147 cm³/mol. The van der Waals surface area contributed by atoms with Crippen molar-refractivity contribution in [1.29, 1.82) is 0 Å². The van der Waals surface area contributed by atoms with E-state index in [2.05, 4.69) is 37.1 Å². The molecule has 0 radical (unpaired) electrons. The molecular formula is C29H34F3N7. The van der Waals surface area contributed by atoms with Crippen molar-refractivity contribution < 1.29 is 13.2 Å². The third-order valence-electron chi connectivity index (χ3n) is 7.83. The number of likely N-dealkylation sites (tertiary alicyclic amines) is 1. The minimum atomic E-state index is -1.49. The molecule has 0 aliphatic carbocycles. The summed E-state index contributed by atoms with van der Waals surface area (Å²) >= 11 is 0. The second-order valence-corrected chi connectivity index (χ2v) is 10.7. The third-order valence-corrected chi connectivity index (χ3v) is 7.83. The monoisotopic (exact) mass is 537 g/mol. The molecule has 1 aliphatic rings. The Morgan fingerprint density at radius 2 is 1.79 bits per heavy atom. The van der Waals surface area contributed by atoms with E-state index in [0.717, 1.165) is 38.7 Å². The summed E-state index contributed by atoms with van der Waals surface area (Å²) in [6.07, 6.45) is 4.17. The summed E-state index contributed by atoms with van der Waals surface area (Å²) in [7, 11) is 0. The molecule has 5 rings (SSSR count). The Bertz CT molecular complexity index is 1470. The second kappa shape index (κ2) is 10.6. The zero-order valence-corrected chi connectivity index (χ0v) is 23.0. The lowest BCUT2D eigenvalue weighted by Gasteiger charge is -2.37. The molecular weight excluding hydrogens is 503 g/mol. The Hall–Kier alpha value is -3.53. The van der Waals surface area contributed by atoms with Crippen LogP contribution < -0.4 is 5.32 Å². The van der Waals surface area contributed by atoms with Gasteiger partial charge in [-0.15, -0.1) is 0 Å². The predicted octanol–water partition coefficient (Wildman–Crippen LogP) is 6.72. The third kappa shape index (κ3) is 5.22. The Labute approximate surface area is 226 Å². The Balaban J connectivity index is 1.39. The van der Waals surface area contributed by atoms with E-state index in [1.807, 2.05) is 25.3 Å². The van der Waals surface area contributed by atoms with Crippen molar-refractivity contribution in [2.24, 2.45) is 5.92 Å². The number of hydrogen-bond acceptors (Lipinski definition) is 6. The average Bonchev–Trinajstić information content (AvgIpc) is 3.26. The molecule has 7 nitrogen and oxygen atoms in total. The largest absolute Gasteiger partial charge is 0.326 e. The molecule has 4 aromatic rings. The van der Waals surface area contributed by atoms with Gasteiger partial charge in [0.05, 0.1) is 11.7 Å². The lowest BCUT2D eigenvalue weighted by molar-refractivity contribution is 0.0467. The molecule has 206 valence electrons. The fourth-order valence-corrected chi connectivity index (χ4v) is 5.59. The highest BCUT2D eigenvalue weighted by atomic mass is 19.1. The van der Waals surface area contributed by atoms with Gasteiger partial charge in [0.15, 0.2) is 11.6 Å². The van der Waals surface area contributed by atoms with E-state index >= 15 is 4.39 Å². The fourth-order valence-electron chi connectivity index (χ4n) is 5.59. The number of pyridine rings is 1. The summed E-state index contributed by atoms with van der Waals surface area (Å²) in [5, 5.41) is 2.96. The molecule has 1 aliphatic heterocycles. The van der Waals surface area contributed by atoms with Crippen molar-refractivity contribution in [3.05, 3.63) is 59.7 Å². The zero-order valence-electron chi connectivity index (χ0n) is 23.0. The number of alkyl halides is 1. The van der Waals surface area contributed by atoms with Gasteiger partial charge < -0.3 is 14.8 Å². The van der Waals surface area contributed by atoms with Crippen molar-refractivity contribution in [2.45, 2.75) is 59.2 Å². The van der Waals surface area contributed by atoms with Crippen molar-refractivity contribution in [1.82, 2.24) is 29.4 Å². The van der Waals surface area contributed by atoms with Crippen LogP contribution >= 0.6 is 0 Å². The summed E-state index contributed by atoms with van der Waals surface area (Å²) in [5.74, 6) is -0.148. The SMILES string of the molecule is CCN1CCC([C@](C)(F)c2ccc(Nc3ncc(F)c(-c4cc(F)c5nc(C)n(C(C)C)c5c4)n3)nc2)CC1. The molecule has 0 spiro atoms. The van der Waals surface area contributed by atoms with Gasteiger partial charge in [0.2, 0.25) is 5.95 Å². The highest BCUT2D eigenvalue weighted by Crippen LogP contribution is 2.40. The van der Waals surface area contributed by atoms with Gasteiger partial charge >= 0.3 is 0 Å². The number of nitrogens with one attached hydrogen (secondary N) is 1. The van der Waals surface area contributed by atoms with E-state index < -0.39 is 17.3 Å². The minimum Gasteiger partial charge on any atom is -0.326 e. The molecule has 1 atom stereocenters. The van der Waals surface area contributed by atoms with Gasteiger partial charge in [0.1, 0.15) is 28.5 Å². The first-order valence-corrected chi connectivity index (χ1v) is 13.4. The van der Waals surface area contributed by atoms with Crippen LogP contribution in [0.1, 0.15) is 58.0 Å². The van der Waals surface area contributed by atoms with Crippen LogP contribution in [-0.4, -0.2) is 49.0 Å². The highest BCUT2D eigenvalue weighted by Gasteiger charge is 2.38. The van der Waals surface area contributed by atoms with E-state index in [1.54, 1.807) is 25.1 Å². The van der Waals surface area contributed by atoms with Crippen molar-refractivity contribution in [2.75, 3.05) is 25.0 Å². The van der Waals surface area contributed by atoms with E-state index in [4.69, 9.17) is 0 Å². The van der Waals surface area contributed by atoms with Gasteiger partial charge in [-0.05, 0) is 84.3 Å². The summed E-state index contributed by atoms with van der Waals surface area (Å²) in [4.78, 5) is 19.4. The molecule has 0 unspecified atom stereocenters. The highest BCUT2D eigenvalue weighted by molar-refractivity contribution is 5.83. The van der Waals surface area contributed by atoms with Gasteiger partial charge in [-0.1, -0.05) is 13.0 Å². The molecule has 0 bridgehead atoms. The maximum absolute atomic E-state index is 15.8. The van der Waals surface area contributed by atoms with E-state index in [-0.39, 0.29) is 34.7 Å². The maximum atomic E-state index is 15.8. The van der Waals surface area contributed by atoms with Crippen LogP contribution in [-0.2, 0) is 5.67 Å². The molecule has 0 amide bonds. The first-order chi connectivity index (χ1) is 18.6. The summed E-state index contributed by atoms with van der Waals surface area (Å²) in [6, 6.07) is 6.34. The number of aromatic nitrogens is 5. The minimum absolute atomic E-state index is 0.0431. The van der Waals surface area contributed by atoms with Crippen LogP contribution in [0.25, 0.3) is 22.3 Å². The number of imidazole rings is 1. The first kappa shape index (κ1) is 27.1. The van der Waals surface area contributed by atoms with Crippen LogP contribution in [0.2, 0.25) is 0 Å². The molecule has 0 saturated carbocycles. The first-order valence-electron chi connectivity index (χ1n) is 13.4. The standard InChI is InChI=1S/C29H34F3N7/c1-6-38-11-9-20(10-12-38)29(5,32)21-7-8-25(33-15-21)36-28-34-16-23(31)26(37-28)19-13-22(30)27-24(14-19)39(17(2)3)18(4)35-27/h7-8,13-17,20H,6,9-12H2,1-5H3,(H,33,34,36,37)/t29-/m0/s1. The molecule has 1 fully saturated rings. The molecule has 1 saturated heterocycles. The fraction of sp³-hybridized carbons (Fsp3) is 0.448. The van der Waals surface area contributed by atoms with E-state index in [9.17, 15) is 8.78 Å². The summed E-state index contributed by atoms with van der Waals surface area (Å²) in [5.41, 5.74) is 0.0533. The van der Waals surface area contributed by atoms with Gasteiger partial charge in [0, 0.05) is 23.4 Å². The normalized spacial score (nSPS) is 16.6. The number of halogens is 3. The number of nitrogens with zero attached hydrogens (tertiary/aromatic N) is 6. The smallest absolute Gasteiger partial charge is 0.229 e. The lowest BCUT2D eigenvalue weighted by Crippen LogP contribution is -2.40. The second-order valence-electron chi connectivity index (χ2n) is 10.7. The van der Waals surface area contributed by atoms with Crippen molar-refractivity contribution in [3.63, 3.8) is 0 Å². The van der Waals surface area contributed by atoms with E-state index in [1.165, 1.54) is 12.3 Å². The molecule has 1 aromatic carbocycles. The number of fused-ring (bicyclic) bond motifs is 1. The Morgan fingerprint density at radius 3 is 2.44 bits per heavy atom. The van der Waals surface area contributed by atoms with Crippen LogP contribution in [0.3, 0.4) is 0 Å². The Kier molecular flexibility index (Phi) is 7.33. The van der Waals surface area contributed by atoms with E-state index in [0.29, 0.717) is 22.7 Å². The molecule has 39 heavy (non-hydrogen) atoms. The molecule has 3 aromatic heterocycles. The Morgan fingerprint density at radius 1 is 1.05 bits per heavy atom. The number of piperidine rings is 1. The quantitative estimate of drug-likeness (QED) is 0.282. The average molecular weight is 538 g/mol. The molecule has 10 heteroatoms. The lowest BCUT2D eigenvalue weighted by atomic mass is 9.79. The van der Waals surface area contributed by atoms with Crippen LogP contribution in [0, 0.1) is 24.5 Å². The maximum Gasteiger partial charge on any atom is 0.229 e. The molecule has 4 heterocycles. The topological polar surface area (TPSA) is 71.8 Å². The number of benzene rings is 1. The van der Waals surface area contributed by atoms with Crippen LogP contribution in [0.5, 0.6) is 0 Å². The summed E-state index contributed by atoms with van der Waals surface area (Å²) in [6.45, 7) is 12.3. The number of hydrogen-bond donors (Lipinski definition) is 1. The van der Waals surface area contributed by atoms with Gasteiger partial charge in [-0.25, -0.2) is 33.1 Å². The molecule has 1 N–H and O–H groups in total. The van der Waals surface area contributed by atoms with Crippen LogP contribution in [0.4, 0.5) is 24.9 Å². The van der Waals surface area contributed by atoms with Crippen molar-refractivity contribution in [3.8, 4) is 11.3 Å².